The van der Waals surface area contributed by atoms with Crippen molar-refractivity contribution in [3.8, 4) is 0 Å². The molecule has 0 spiro atoms. The van der Waals surface area contributed by atoms with E-state index in [1.807, 2.05) is 19.1 Å². The molecule has 2 N–H and O–H groups in total. The van der Waals surface area contributed by atoms with Gasteiger partial charge in [-0.15, -0.1) is 0 Å². The fourth-order valence-electron chi connectivity index (χ4n) is 2.65. The Hall–Kier alpha value is -1.31. The van der Waals surface area contributed by atoms with Gasteiger partial charge in [-0.1, -0.05) is 41.4 Å². The Bertz CT molecular complexity index is 594. The van der Waals surface area contributed by atoms with Gasteiger partial charge in [0.25, 0.3) is 0 Å². The van der Waals surface area contributed by atoms with E-state index < -0.39 is 0 Å². The van der Waals surface area contributed by atoms with E-state index in [1.165, 1.54) is 22.3 Å². The van der Waals surface area contributed by atoms with Gasteiger partial charge in [0.1, 0.15) is 0 Å². The van der Waals surface area contributed by atoms with Gasteiger partial charge in [0.2, 0.25) is 0 Å². The van der Waals surface area contributed by atoms with Crippen molar-refractivity contribution in [3.05, 3.63) is 68.7 Å². The molecule has 0 amide bonds. The summed E-state index contributed by atoms with van der Waals surface area (Å²) in [7, 11) is 0. The normalized spacial score (nSPS) is 12.5. The Labute approximate surface area is 120 Å². The topological polar surface area (TPSA) is 26.0 Å². The molecule has 2 aromatic carbocycles. The Kier molecular flexibility index (Phi) is 3.98. The highest BCUT2D eigenvalue weighted by Gasteiger charge is 2.15. The van der Waals surface area contributed by atoms with Crippen LogP contribution in [-0.4, -0.2) is 0 Å². The van der Waals surface area contributed by atoms with Crippen LogP contribution in [0.2, 0.25) is 5.02 Å². The smallest absolute Gasteiger partial charge is 0.0557 e. The van der Waals surface area contributed by atoms with Gasteiger partial charge in [-0.2, -0.15) is 0 Å². The molecule has 0 heterocycles. The molecule has 0 saturated carbocycles. The molecule has 100 valence electrons. The average molecular weight is 274 g/mol. The average Bonchev–Trinajstić information content (AvgIpc) is 2.31. The summed E-state index contributed by atoms with van der Waals surface area (Å²) < 4.78 is 0. The SMILES string of the molecule is Cc1cc(C)c(C(N)c2ccc(C)c(Cl)c2)c(C)c1. The Morgan fingerprint density at radius 2 is 1.47 bits per heavy atom. The fraction of sp³-hybridized carbons (Fsp3) is 0.294. The highest BCUT2D eigenvalue weighted by molar-refractivity contribution is 6.31. The lowest BCUT2D eigenvalue weighted by molar-refractivity contribution is 0.850. The molecule has 1 nitrogen and oxygen atoms in total. The van der Waals surface area contributed by atoms with Crippen LogP contribution in [0, 0.1) is 27.7 Å². The maximum absolute atomic E-state index is 6.43. The first-order chi connectivity index (χ1) is 8.90. The van der Waals surface area contributed by atoms with Gasteiger partial charge in [0, 0.05) is 5.02 Å². The zero-order chi connectivity index (χ0) is 14.2. The lowest BCUT2D eigenvalue weighted by atomic mass is 9.90. The van der Waals surface area contributed by atoms with Crippen LogP contribution in [0.25, 0.3) is 0 Å². The minimum atomic E-state index is -0.126. The van der Waals surface area contributed by atoms with Crippen LogP contribution in [0.15, 0.2) is 30.3 Å². The maximum atomic E-state index is 6.43. The minimum Gasteiger partial charge on any atom is -0.320 e. The predicted octanol–water partition coefficient (Wildman–Crippen LogP) is 4.62. The number of hydrogen-bond acceptors (Lipinski definition) is 1. The van der Waals surface area contributed by atoms with Crippen LogP contribution < -0.4 is 5.73 Å². The number of benzene rings is 2. The van der Waals surface area contributed by atoms with Crippen molar-refractivity contribution in [2.75, 3.05) is 0 Å². The van der Waals surface area contributed by atoms with Gasteiger partial charge in [0.15, 0.2) is 0 Å². The van der Waals surface area contributed by atoms with Crippen molar-refractivity contribution in [1.82, 2.24) is 0 Å². The van der Waals surface area contributed by atoms with E-state index in [-0.39, 0.29) is 6.04 Å². The number of hydrogen-bond donors (Lipinski definition) is 1. The van der Waals surface area contributed by atoms with Gasteiger partial charge in [-0.3, -0.25) is 0 Å². The number of halogens is 1. The van der Waals surface area contributed by atoms with Crippen LogP contribution in [0.3, 0.4) is 0 Å². The lowest BCUT2D eigenvalue weighted by Gasteiger charge is -2.19. The van der Waals surface area contributed by atoms with Crippen LogP contribution in [0.1, 0.15) is 39.4 Å². The highest BCUT2D eigenvalue weighted by atomic mass is 35.5. The molecule has 0 bridgehead atoms. The summed E-state index contributed by atoms with van der Waals surface area (Å²) in [6.45, 7) is 8.34. The van der Waals surface area contributed by atoms with E-state index in [0.29, 0.717) is 0 Å². The van der Waals surface area contributed by atoms with Gasteiger partial charge in [-0.25, -0.2) is 0 Å². The molecule has 0 aliphatic carbocycles. The molecule has 0 aromatic heterocycles. The van der Waals surface area contributed by atoms with Crippen LogP contribution in [0.4, 0.5) is 0 Å². The van der Waals surface area contributed by atoms with Gasteiger partial charge in [0.05, 0.1) is 6.04 Å². The molecule has 1 atom stereocenters. The number of aryl methyl sites for hydroxylation is 4. The highest BCUT2D eigenvalue weighted by Crippen LogP contribution is 2.29. The second-order valence-corrected chi connectivity index (χ2v) is 5.71. The summed E-state index contributed by atoms with van der Waals surface area (Å²) in [5.41, 5.74) is 13.5. The van der Waals surface area contributed by atoms with Crippen molar-refractivity contribution >= 4 is 11.6 Å². The second-order valence-electron chi connectivity index (χ2n) is 5.30. The number of rotatable bonds is 2. The molecule has 0 aliphatic heterocycles. The lowest BCUT2D eigenvalue weighted by Crippen LogP contribution is -2.15. The maximum Gasteiger partial charge on any atom is 0.0557 e. The Balaban J connectivity index is 2.49. The second kappa shape index (κ2) is 5.36. The third-order valence-corrected chi connectivity index (χ3v) is 4.01. The van der Waals surface area contributed by atoms with Gasteiger partial charge < -0.3 is 5.73 Å². The third kappa shape index (κ3) is 2.83. The third-order valence-electron chi connectivity index (χ3n) is 3.60. The van der Waals surface area contributed by atoms with E-state index in [4.69, 9.17) is 17.3 Å². The molecule has 19 heavy (non-hydrogen) atoms. The summed E-state index contributed by atoms with van der Waals surface area (Å²) in [5.74, 6) is 0. The van der Waals surface area contributed by atoms with Crippen molar-refractivity contribution < 1.29 is 0 Å². The van der Waals surface area contributed by atoms with E-state index in [9.17, 15) is 0 Å². The summed E-state index contributed by atoms with van der Waals surface area (Å²) >= 11 is 6.19. The fourth-order valence-corrected chi connectivity index (χ4v) is 2.84. The Morgan fingerprint density at radius 3 is 2.00 bits per heavy atom. The first-order valence-corrected chi connectivity index (χ1v) is 6.87. The molecule has 2 aromatic rings. The molecular formula is C17H20ClN. The van der Waals surface area contributed by atoms with Gasteiger partial charge >= 0.3 is 0 Å². The quantitative estimate of drug-likeness (QED) is 0.849. The summed E-state index contributed by atoms with van der Waals surface area (Å²) in [4.78, 5) is 0. The van der Waals surface area contributed by atoms with E-state index in [2.05, 4.69) is 39.0 Å². The standard InChI is InChI=1S/C17H20ClN/c1-10-7-12(3)16(13(4)8-10)17(19)14-6-5-11(2)15(18)9-14/h5-9,17H,19H2,1-4H3. The van der Waals surface area contributed by atoms with Crippen molar-refractivity contribution in [2.45, 2.75) is 33.7 Å². The molecule has 2 rings (SSSR count). The molecular weight excluding hydrogens is 254 g/mol. The van der Waals surface area contributed by atoms with Crippen LogP contribution >= 0.6 is 11.6 Å². The monoisotopic (exact) mass is 273 g/mol. The van der Waals surface area contributed by atoms with Crippen LogP contribution in [0.5, 0.6) is 0 Å². The van der Waals surface area contributed by atoms with E-state index >= 15 is 0 Å². The first kappa shape index (κ1) is 14.1. The zero-order valence-corrected chi connectivity index (χ0v) is 12.7. The molecule has 0 fully saturated rings. The Morgan fingerprint density at radius 1 is 0.895 bits per heavy atom. The van der Waals surface area contributed by atoms with Crippen LogP contribution in [-0.2, 0) is 0 Å². The molecule has 0 radical (unpaired) electrons. The van der Waals surface area contributed by atoms with Crippen molar-refractivity contribution in [1.29, 1.82) is 0 Å². The van der Waals surface area contributed by atoms with Crippen molar-refractivity contribution in [2.24, 2.45) is 5.73 Å². The number of nitrogens with two attached hydrogens (primary N) is 1. The van der Waals surface area contributed by atoms with E-state index in [1.54, 1.807) is 0 Å². The largest absolute Gasteiger partial charge is 0.320 e. The van der Waals surface area contributed by atoms with E-state index in [0.717, 1.165) is 16.1 Å². The summed E-state index contributed by atoms with van der Waals surface area (Å²) in [6.07, 6.45) is 0. The van der Waals surface area contributed by atoms with Gasteiger partial charge in [-0.05, 0) is 61.6 Å². The molecule has 0 saturated heterocycles. The molecule has 2 heteroatoms. The minimum absolute atomic E-state index is 0.126. The summed E-state index contributed by atoms with van der Waals surface area (Å²) in [6, 6.07) is 10.3. The predicted molar refractivity (Wildman–Crippen MR) is 82.9 cm³/mol. The zero-order valence-electron chi connectivity index (χ0n) is 11.9. The summed E-state index contributed by atoms with van der Waals surface area (Å²) in [5, 5.41) is 0.773. The molecule has 0 aliphatic rings. The first-order valence-electron chi connectivity index (χ1n) is 6.49. The molecule has 1 unspecified atom stereocenters. The van der Waals surface area contributed by atoms with Crippen molar-refractivity contribution in [3.63, 3.8) is 0 Å².